The molecule has 0 atom stereocenters. The van der Waals surface area contributed by atoms with Gasteiger partial charge in [-0.25, -0.2) is 0 Å². The summed E-state index contributed by atoms with van der Waals surface area (Å²) in [6.45, 7) is 11.7. The zero-order chi connectivity index (χ0) is 11.5. The van der Waals surface area contributed by atoms with Gasteiger partial charge in [-0.1, -0.05) is 19.6 Å². The fourth-order valence-electron chi connectivity index (χ4n) is 1.82. The van der Waals surface area contributed by atoms with Gasteiger partial charge in [-0.3, -0.25) is 9.69 Å². The van der Waals surface area contributed by atoms with Crippen molar-refractivity contribution in [1.29, 1.82) is 0 Å². The molecule has 0 aromatic rings. The van der Waals surface area contributed by atoms with Crippen LogP contribution in [0.15, 0.2) is 0 Å². The number of hydrogen-bond donors (Lipinski definition) is 0. The van der Waals surface area contributed by atoms with Crippen molar-refractivity contribution in [3.05, 3.63) is 0 Å². The maximum absolute atomic E-state index is 11.1. The summed E-state index contributed by atoms with van der Waals surface area (Å²) < 4.78 is 7.25. The molecular weight excluding hydrogens is 208 g/mol. The molecular formula is C10H22N2O2Si. The largest absolute Gasteiger partial charge is 0.468 e. The Morgan fingerprint density at radius 2 is 1.73 bits per heavy atom. The number of hydrogen-bond acceptors (Lipinski definition) is 4. The summed E-state index contributed by atoms with van der Waals surface area (Å²) in [6.07, 6.45) is 0. The van der Waals surface area contributed by atoms with Crippen LogP contribution in [0.2, 0.25) is 19.6 Å². The van der Waals surface area contributed by atoms with Crippen molar-refractivity contribution in [3.63, 3.8) is 0 Å². The van der Waals surface area contributed by atoms with E-state index < -0.39 is 8.24 Å². The number of esters is 1. The van der Waals surface area contributed by atoms with Crippen molar-refractivity contribution in [1.82, 2.24) is 9.47 Å². The number of nitrogens with zero attached hydrogens (tertiary/aromatic N) is 2. The molecule has 0 aromatic heterocycles. The van der Waals surface area contributed by atoms with E-state index in [9.17, 15) is 4.79 Å². The Morgan fingerprint density at radius 3 is 2.13 bits per heavy atom. The van der Waals surface area contributed by atoms with Crippen molar-refractivity contribution in [2.75, 3.05) is 39.8 Å². The summed E-state index contributed by atoms with van der Waals surface area (Å²) >= 11 is 0. The first-order chi connectivity index (χ1) is 6.93. The van der Waals surface area contributed by atoms with Gasteiger partial charge < -0.3 is 9.30 Å². The number of rotatable bonds is 3. The summed E-state index contributed by atoms with van der Waals surface area (Å²) in [5.74, 6) is -0.128. The van der Waals surface area contributed by atoms with Crippen molar-refractivity contribution in [2.24, 2.45) is 0 Å². The summed E-state index contributed by atoms with van der Waals surface area (Å²) in [4.78, 5) is 13.3. The van der Waals surface area contributed by atoms with Crippen molar-refractivity contribution >= 4 is 14.2 Å². The molecule has 0 amide bonds. The number of piperazine rings is 1. The Kier molecular flexibility index (Phi) is 4.30. The minimum absolute atomic E-state index is 0.128. The smallest absolute Gasteiger partial charge is 0.319 e. The third kappa shape index (κ3) is 3.93. The maximum Gasteiger partial charge on any atom is 0.319 e. The van der Waals surface area contributed by atoms with Gasteiger partial charge in [0, 0.05) is 26.2 Å². The van der Waals surface area contributed by atoms with Gasteiger partial charge >= 0.3 is 5.97 Å². The molecule has 0 aliphatic carbocycles. The lowest BCUT2D eigenvalue weighted by molar-refractivity contribution is -0.142. The van der Waals surface area contributed by atoms with E-state index in [4.69, 9.17) is 0 Å². The lowest BCUT2D eigenvalue weighted by Gasteiger charge is -2.40. The monoisotopic (exact) mass is 230 g/mol. The summed E-state index contributed by atoms with van der Waals surface area (Å²) in [5, 5.41) is 0. The van der Waals surface area contributed by atoms with Gasteiger partial charge in [0.05, 0.1) is 13.7 Å². The van der Waals surface area contributed by atoms with E-state index >= 15 is 0 Å². The van der Waals surface area contributed by atoms with Crippen LogP contribution in [0.25, 0.3) is 0 Å². The van der Waals surface area contributed by atoms with E-state index in [1.54, 1.807) is 0 Å². The number of carbonyl (C=O) groups excluding carboxylic acids is 1. The zero-order valence-electron chi connectivity index (χ0n) is 10.2. The van der Waals surface area contributed by atoms with E-state index in [-0.39, 0.29) is 5.97 Å². The average molecular weight is 230 g/mol. The van der Waals surface area contributed by atoms with Gasteiger partial charge in [-0.2, -0.15) is 0 Å². The van der Waals surface area contributed by atoms with Crippen molar-refractivity contribution in [2.45, 2.75) is 19.6 Å². The molecule has 5 heteroatoms. The molecule has 0 bridgehead atoms. The third-order valence-electron chi connectivity index (χ3n) is 2.90. The lowest BCUT2D eigenvalue weighted by Crippen LogP contribution is -2.56. The van der Waals surface area contributed by atoms with E-state index in [1.165, 1.54) is 7.11 Å². The number of methoxy groups -OCH3 is 1. The predicted octanol–water partition coefficient (Wildman–Crippen LogP) is 0.612. The van der Waals surface area contributed by atoms with Crippen LogP contribution < -0.4 is 0 Å². The maximum atomic E-state index is 11.1. The second kappa shape index (κ2) is 5.09. The molecule has 1 heterocycles. The molecule has 0 spiro atoms. The molecule has 1 rings (SSSR count). The Labute approximate surface area is 93.3 Å². The third-order valence-corrected chi connectivity index (χ3v) is 5.25. The van der Waals surface area contributed by atoms with E-state index in [1.807, 2.05) is 0 Å². The molecule has 15 heavy (non-hydrogen) atoms. The molecule has 0 saturated carbocycles. The minimum Gasteiger partial charge on any atom is -0.468 e. The molecule has 1 saturated heterocycles. The summed E-state index contributed by atoms with van der Waals surface area (Å²) in [7, 11) is 0.301. The highest BCUT2D eigenvalue weighted by Gasteiger charge is 2.27. The molecule has 88 valence electrons. The second-order valence-electron chi connectivity index (χ2n) is 5.01. The molecule has 0 N–H and O–H groups in total. The molecule has 1 fully saturated rings. The van der Waals surface area contributed by atoms with Crippen LogP contribution in [0.3, 0.4) is 0 Å². The molecule has 0 unspecified atom stereocenters. The van der Waals surface area contributed by atoms with Crippen LogP contribution in [0.1, 0.15) is 0 Å². The van der Waals surface area contributed by atoms with Crippen LogP contribution in [0.4, 0.5) is 0 Å². The van der Waals surface area contributed by atoms with Gasteiger partial charge in [0.1, 0.15) is 8.24 Å². The minimum atomic E-state index is -1.14. The number of ether oxygens (including phenoxy) is 1. The van der Waals surface area contributed by atoms with E-state index in [2.05, 4.69) is 33.8 Å². The van der Waals surface area contributed by atoms with Gasteiger partial charge in [0.25, 0.3) is 0 Å². The Morgan fingerprint density at radius 1 is 1.20 bits per heavy atom. The Balaban J connectivity index is 2.33. The Bertz CT molecular complexity index is 220. The molecule has 0 aromatic carbocycles. The van der Waals surface area contributed by atoms with Gasteiger partial charge in [0.2, 0.25) is 0 Å². The lowest BCUT2D eigenvalue weighted by atomic mass is 10.3. The Hall–Kier alpha value is -0.393. The average Bonchev–Trinajstić information content (AvgIpc) is 2.17. The molecule has 0 radical (unpaired) electrons. The fraction of sp³-hybridized carbons (Fsp3) is 0.900. The standard InChI is InChI=1S/C10H22N2O2Si/c1-14-10(13)9-11-5-7-12(8-6-11)15(2,3)4/h5-9H2,1-4H3. The van der Waals surface area contributed by atoms with Gasteiger partial charge in [0.15, 0.2) is 0 Å². The highest BCUT2D eigenvalue weighted by atomic mass is 28.3. The van der Waals surface area contributed by atoms with Crippen molar-refractivity contribution < 1.29 is 9.53 Å². The predicted molar refractivity (Wildman–Crippen MR) is 63.4 cm³/mol. The molecule has 1 aliphatic heterocycles. The highest BCUT2D eigenvalue weighted by Crippen LogP contribution is 2.12. The van der Waals surface area contributed by atoms with Crippen LogP contribution >= 0.6 is 0 Å². The van der Waals surface area contributed by atoms with Crippen LogP contribution in [-0.2, 0) is 9.53 Å². The topological polar surface area (TPSA) is 32.8 Å². The van der Waals surface area contributed by atoms with E-state index in [0.29, 0.717) is 6.54 Å². The molecule has 1 aliphatic rings. The first-order valence-corrected chi connectivity index (χ1v) is 8.92. The van der Waals surface area contributed by atoms with Crippen LogP contribution in [-0.4, -0.2) is 63.5 Å². The summed E-state index contributed by atoms with van der Waals surface area (Å²) in [6, 6.07) is 0. The molecule has 4 nitrogen and oxygen atoms in total. The summed E-state index contributed by atoms with van der Waals surface area (Å²) in [5.41, 5.74) is 0. The SMILES string of the molecule is COC(=O)CN1CCN([Si](C)(C)C)CC1. The first-order valence-electron chi connectivity index (χ1n) is 5.47. The van der Waals surface area contributed by atoms with E-state index in [0.717, 1.165) is 26.2 Å². The van der Waals surface area contributed by atoms with Crippen LogP contribution in [0.5, 0.6) is 0 Å². The van der Waals surface area contributed by atoms with Crippen molar-refractivity contribution in [3.8, 4) is 0 Å². The second-order valence-corrected chi connectivity index (χ2v) is 9.98. The quantitative estimate of drug-likeness (QED) is 0.525. The zero-order valence-corrected chi connectivity index (χ0v) is 11.2. The normalized spacial score (nSPS) is 20.3. The van der Waals surface area contributed by atoms with Gasteiger partial charge in [-0.15, -0.1) is 0 Å². The van der Waals surface area contributed by atoms with Crippen LogP contribution in [0, 0.1) is 0 Å². The van der Waals surface area contributed by atoms with Gasteiger partial charge in [-0.05, 0) is 0 Å². The first kappa shape index (κ1) is 12.7. The fourth-order valence-corrected chi connectivity index (χ4v) is 3.37. The highest BCUT2D eigenvalue weighted by molar-refractivity contribution is 6.73. The number of carbonyl (C=O) groups is 1.